The van der Waals surface area contributed by atoms with Gasteiger partial charge in [-0.1, -0.05) is 36.5 Å². The van der Waals surface area contributed by atoms with Crippen LogP contribution in [0.5, 0.6) is 0 Å². The zero-order chi connectivity index (χ0) is 13.7. The Morgan fingerprint density at radius 2 is 1.83 bits per heavy atom. The molecule has 0 aromatic heterocycles. The average molecular weight is 290 g/mol. The topological polar surface area (TPSA) is 66.4 Å². The second-order valence-corrected chi connectivity index (χ2v) is 4.68. The van der Waals surface area contributed by atoms with Gasteiger partial charge < -0.3 is 10.4 Å². The third kappa shape index (κ3) is 4.20. The first-order chi connectivity index (χ1) is 8.43. The normalized spacial score (nSPS) is 11.9. The quantitative estimate of drug-likeness (QED) is 0.876. The molecule has 1 atom stereocenters. The minimum Gasteiger partial charge on any atom is -0.480 e. The predicted octanol–water partition coefficient (Wildman–Crippen LogP) is 2.98. The monoisotopic (exact) mass is 289 g/mol. The molecule has 4 nitrogen and oxygen atoms in total. The first kappa shape index (κ1) is 14.8. The highest BCUT2D eigenvalue weighted by Crippen LogP contribution is 2.19. The minimum atomic E-state index is -1.06. The van der Waals surface area contributed by atoms with Gasteiger partial charge in [-0.25, -0.2) is 4.79 Å². The van der Waals surface area contributed by atoms with Gasteiger partial charge in [0.25, 0.3) is 5.91 Å². The second kappa shape index (κ2) is 6.61. The average Bonchev–Trinajstić information content (AvgIpc) is 2.26. The summed E-state index contributed by atoms with van der Waals surface area (Å²) in [7, 11) is 0. The SMILES string of the molecule is CCC[C@H](NC(=O)c1cc(Cl)cc(Cl)c1)C(=O)O. The van der Waals surface area contributed by atoms with E-state index in [0.29, 0.717) is 22.9 Å². The van der Waals surface area contributed by atoms with Crippen molar-refractivity contribution >= 4 is 35.1 Å². The van der Waals surface area contributed by atoms with Crippen LogP contribution in [0.1, 0.15) is 30.1 Å². The molecule has 2 N–H and O–H groups in total. The molecule has 0 bridgehead atoms. The number of rotatable bonds is 5. The number of amides is 1. The van der Waals surface area contributed by atoms with Crippen LogP contribution in [0.3, 0.4) is 0 Å². The van der Waals surface area contributed by atoms with Crippen molar-refractivity contribution in [2.45, 2.75) is 25.8 Å². The fourth-order valence-electron chi connectivity index (χ4n) is 1.47. The van der Waals surface area contributed by atoms with E-state index in [9.17, 15) is 9.59 Å². The van der Waals surface area contributed by atoms with Crippen LogP contribution in [0.2, 0.25) is 10.0 Å². The van der Waals surface area contributed by atoms with Crippen molar-refractivity contribution in [2.75, 3.05) is 0 Å². The predicted molar refractivity (Wildman–Crippen MR) is 70.3 cm³/mol. The van der Waals surface area contributed by atoms with Gasteiger partial charge in [0.1, 0.15) is 6.04 Å². The Labute approximate surface area is 115 Å². The molecule has 1 aromatic rings. The lowest BCUT2D eigenvalue weighted by Gasteiger charge is -2.13. The Kier molecular flexibility index (Phi) is 5.44. The Morgan fingerprint density at radius 3 is 2.28 bits per heavy atom. The minimum absolute atomic E-state index is 0.245. The lowest BCUT2D eigenvalue weighted by molar-refractivity contribution is -0.139. The summed E-state index contributed by atoms with van der Waals surface area (Å²) >= 11 is 11.5. The summed E-state index contributed by atoms with van der Waals surface area (Å²) in [5.41, 5.74) is 0.245. The maximum absolute atomic E-state index is 11.8. The Bertz CT molecular complexity index is 442. The van der Waals surface area contributed by atoms with E-state index in [1.807, 2.05) is 6.92 Å². The molecule has 18 heavy (non-hydrogen) atoms. The Hall–Kier alpha value is -1.26. The molecule has 6 heteroatoms. The van der Waals surface area contributed by atoms with Crippen LogP contribution in [-0.4, -0.2) is 23.0 Å². The van der Waals surface area contributed by atoms with Gasteiger partial charge >= 0.3 is 5.97 Å². The largest absolute Gasteiger partial charge is 0.480 e. The Morgan fingerprint density at radius 1 is 1.28 bits per heavy atom. The number of carbonyl (C=O) groups is 2. The van der Waals surface area contributed by atoms with Crippen LogP contribution in [0, 0.1) is 0 Å². The van der Waals surface area contributed by atoms with E-state index in [1.54, 1.807) is 0 Å². The number of halogens is 2. The van der Waals surface area contributed by atoms with E-state index >= 15 is 0 Å². The summed E-state index contributed by atoms with van der Waals surface area (Å²) in [5.74, 6) is -1.56. The van der Waals surface area contributed by atoms with Crippen molar-refractivity contribution in [2.24, 2.45) is 0 Å². The van der Waals surface area contributed by atoms with E-state index in [-0.39, 0.29) is 5.56 Å². The fourth-order valence-corrected chi connectivity index (χ4v) is 2.00. The molecule has 98 valence electrons. The molecule has 0 fully saturated rings. The molecule has 0 aliphatic heterocycles. The lowest BCUT2D eigenvalue weighted by Crippen LogP contribution is -2.40. The second-order valence-electron chi connectivity index (χ2n) is 3.81. The molecular weight excluding hydrogens is 277 g/mol. The third-order valence-electron chi connectivity index (χ3n) is 2.31. The number of hydrogen-bond donors (Lipinski definition) is 2. The smallest absolute Gasteiger partial charge is 0.326 e. The van der Waals surface area contributed by atoms with Gasteiger partial charge in [0.05, 0.1) is 0 Å². The van der Waals surface area contributed by atoms with Crippen LogP contribution in [0.15, 0.2) is 18.2 Å². The molecule has 0 radical (unpaired) electrons. The number of carboxylic acids is 1. The molecule has 0 saturated heterocycles. The molecule has 0 heterocycles. The van der Waals surface area contributed by atoms with Crippen LogP contribution in [-0.2, 0) is 4.79 Å². The van der Waals surface area contributed by atoms with Crippen LogP contribution >= 0.6 is 23.2 Å². The Balaban J connectivity index is 2.83. The van der Waals surface area contributed by atoms with Gasteiger partial charge in [0.15, 0.2) is 0 Å². The molecule has 1 aromatic carbocycles. The van der Waals surface area contributed by atoms with Crippen molar-refractivity contribution in [3.05, 3.63) is 33.8 Å². The number of carboxylic acid groups (broad SMARTS) is 1. The maximum Gasteiger partial charge on any atom is 0.326 e. The van der Waals surface area contributed by atoms with Gasteiger partial charge in [-0.05, 0) is 24.6 Å². The van der Waals surface area contributed by atoms with Gasteiger partial charge in [-0.3, -0.25) is 4.79 Å². The number of nitrogens with one attached hydrogen (secondary N) is 1. The van der Waals surface area contributed by atoms with Crippen molar-refractivity contribution < 1.29 is 14.7 Å². The van der Waals surface area contributed by atoms with Crippen LogP contribution in [0.4, 0.5) is 0 Å². The van der Waals surface area contributed by atoms with Crippen molar-refractivity contribution in [3.63, 3.8) is 0 Å². The number of carbonyl (C=O) groups excluding carboxylic acids is 1. The molecule has 0 aliphatic rings. The number of aliphatic carboxylic acids is 1. The number of benzene rings is 1. The van der Waals surface area contributed by atoms with Gasteiger partial charge in [-0.2, -0.15) is 0 Å². The van der Waals surface area contributed by atoms with E-state index in [0.717, 1.165) is 0 Å². The first-order valence-corrected chi connectivity index (χ1v) is 6.19. The molecule has 1 amide bonds. The van der Waals surface area contributed by atoms with E-state index < -0.39 is 17.9 Å². The van der Waals surface area contributed by atoms with E-state index in [4.69, 9.17) is 28.3 Å². The highest BCUT2D eigenvalue weighted by molar-refractivity contribution is 6.35. The number of hydrogen-bond acceptors (Lipinski definition) is 2. The standard InChI is InChI=1S/C12H13Cl2NO3/c1-2-3-10(12(17)18)15-11(16)7-4-8(13)6-9(14)5-7/h4-6,10H,2-3H2,1H3,(H,15,16)(H,17,18)/t10-/m0/s1. The maximum atomic E-state index is 11.8. The molecule has 1 rings (SSSR count). The van der Waals surface area contributed by atoms with Gasteiger partial charge in [0.2, 0.25) is 0 Å². The zero-order valence-corrected chi connectivity index (χ0v) is 11.3. The van der Waals surface area contributed by atoms with Crippen molar-refractivity contribution in [3.8, 4) is 0 Å². The fraction of sp³-hybridized carbons (Fsp3) is 0.333. The lowest BCUT2D eigenvalue weighted by atomic mass is 10.1. The molecule has 0 unspecified atom stereocenters. The summed E-state index contributed by atoms with van der Waals surface area (Å²) in [6, 6.07) is 3.47. The molecule has 0 saturated carbocycles. The van der Waals surface area contributed by atoms with Crippen molar-refractivity contribution in [1.82, 2.24) is 5.32 Å². The van der Waals surface area contributed by atoms with Crippen molar-refractivity contribution in [1.29, 1.82) is 0 Å². The highest BCUT2D eigenvalue weighted by atomic mass is 35.5. The summed E-state index contributed by atoms with van der Waals surface area (Å²) in [5, 5.41) is 12.0. The summed E-state index contributed by atoms with van der Waals surface area (Å²) in [4.78, 5) is 22.8. The first-order valence-electron chi connectivity index (χ1n) is 5.43. The van der Waals surface area contributed by atoms with Crippen LogP contribution in [0.25, 0.3) is 0 Å². The zero-order valence-electron chi connectivity index (χ0n) is 9.74. The van der Waals surface area contributed by atoms with Gasteiger partial charge in [0, 0.05) is 15.6 Å². The summed E-state index contributed by atoms with van der Waals surface area (Å²) < 4.78 is 0. The molecule has 0 spiro atoms. The summed E-state index contributed by atoms with van der Waals surface area (Å²) in [6.45, 7) is 1.85. The summed E-state index contributed by atoms with van der Waals surface area (Å²) in [6.07, 6.45) is 1.03. The van der Waals surface area contributed by atoms with Crippen LogP contribution < -0.4 is 5.32 Å². The molecule has 0 aliphatic carbocycles. The van der Waals surface area contributed by atoms with E-state index in [1.165, 1.54) is 18.2 Å². The third-order valence-corrected chi connectivity index (χ3v) is 2.74. The van der Waals surface area contributed by atoms with Gasteiger partial charge in [-0.15, -0.1) is 0 Å². The molecular formula is C12H13Cl2NO3. The van der Waals surface area contributed by atoms with E-state index in [2.05, 4.69) is 5.32 Å². The highest BCUT2D eigenvalue weighted by Gasteiger charge is 2.19.